The number of piperazine rings is 1. The van der Waals surface area contributed by atoms with Crippen molar-refractivity contribution in [1.82, 2.24) is 25.0 Å². The van der Waals surface area contributed by atoms with Gasteiger partial charge in [0.15, 0.2) is 0 Å². The Hall–Kier alpha value is -1.67. The molecule has 0 unspecified atom stereocenters. The van der Waals surface area contributed by atoms with E-state index in [1.54, 1.807) is 7.11 Å². The van der Waals surface area contributed by atoms with Crippen LogP contribution in [-0.2, 0) is 9.53 Å². The first kappa shape index (κ1) is 16.2. The summed E-state index contributed by atoms with van der Waals surface area (Å²) < 4.78 is 5.15. The van der Waals surface area contributed by atoms with E-state index in [-0.39, 0.29) is 5.92 Å². The summed E-state index contributed by atoms with van der Waals surface area (Å²) in [5.74, 6) is 1.24. The fraction of sp³-hybridized carbons (Fsp3) is 0.800. The molecule has 2 saturated heterocycles. The summed E-state index contributed by atoms with van der Waals surface area (Å²) in [4.78, 5) is 23.5. The lowest BCUT2D eigenvalue weighted by Crippen LogP contribution is -2.53. The van der Waals surface area contributed by atoms with Gasteiger partial charge in [0.2, 0.25) is 11.9 Å². The second-order valence-electron chi connectivity index (χ2n) is 6.25. The van der Waals surface area contributed by atoms with Gasteiger partial charge in [-0.3, -0.25) is 4.79 Å². The molecule has 8 heteroatoms. The molecule has 0 saturated carbocycles. The Kier molecular flexibility index (Phi) is 5.45. The fourth-order valence-electron chi connectivity index (χ4n) is 3.43. The molecule has 2 aliphatic heterocycles. The van der Waals surface area contributed by atoms with Gasteiger partial charge in [-0.2, -0.15) is 10.1 Å². The normalized spacial score (nSPS) is 23.3. The van der Waals surface area contributed by atoms with Crippen molar-refractivity contribution in [3.63, 3.8) is 0 Å². The summed E-state index contributed by atoms with van der Waals surface area (Å²) in [6, 6.07) is 0. The van der Waals surface area contributed by atoms with Crippen LogP contribution in [0.1, 0.15) is 12.8 Å². The molecule has 0 aliphatic carbocycles. The molecular formula is C15H26N6O2. The summed E-state index contributed by atoms with van der Waals surface area (Å²) in [7, 11) is 1.72. The van der Waals surface area contributed by atoms with E-state index in [0.29, 0.717) is 5.91 Å². The Morgan fingerprint density at radius 1 is 1.35 bits per heavy atom. The average Bonchev–Trinajstić information content (AvgIpc) is 3.14. The number of hydrogen-bond donors (Lipinski definition) is 1. The number of nitrogens with zero attached hydrogens (tertiary/aromatic N) is 5. The second-order valence-corrected chi connectivity index (χ2v) is 6.25. The van der Waals surface area contributed by atoms with Crippen molar-refractivity contribution in [3.05, 3.63) is 6.33 Å². The van der Waals surface area contributed by atoms with E-state index in [2.05, 4.69) is 25.0 Å². The number of piperidine rings is 1. The molecule has 0 spiro atoms. The maximum Gasteiger partial charge on any atom is 0.227 e. The molecule has 8 nitrogen and oxygen atoms in total. The lowest BCUT2D eigenvalue weighted by molar-refractivity contribution is -0.137. The highest BCUT2D eigenvalue weighted by atomic mass is 16.5. The third kappa shape index (κ3) is 4.00. The molecule has 23 heavy (non-hydrogen) atoms. The molecule has 2 fully saturated rings. The highest BCUT2D eigenvalue weighted by Gasteiger charge is 2.31. The number of H-pyrrole nitrogens is 1. The Morgan fingerprint density at radius 2 is 2.17 bits per heavy atom. The summed E-state index contributed by atoms with van der Waals surface area (Å²) in [6.07, 6.45) is 3.62. The lowest BCUT2D eigenvalue weighted by Gasteiger charge is -2.38. The quantitative estimate of drug-likeness (QED) is 0.810. The van der Waals surface area contributed by atoms with E-state index in [1.165, 1.54) is 6.33 Å². The van der Waals surface area contributed by atoms with E-state index in [0.717, 1.165) is 71.2 Å². The van der Waals surface area contributed by atoms with Gasteiger partial charge in [0.25, 0.3) is 0 Å². The van der Waals surface area contributed by atoms with Crippen LogP contribution in [0.4, 0.5) is 5.95 Å². The van der Waals surface area contributed by atoms with E-state index >= 15 is 0 Å². The maximum atomic E-state index is 12.8. The van der Waals surface area contributed by atoms with Gasteiger partial charge >= 0.3 is 0 Å². The van der Waals surface area contributed by atoms with E-state index in [9.17, 15) is 4.79 Å². The van der Waals surface area contributed by atoms with Gasteiger partial charge in [-0.25, -0.2) is 5.10 Å². The zero-order valence-electron chi connectivity index (χ0n) is 13.8. The lowest BCUT2D eigenvalue weighted by atomic mass is 9.96. The zero-order chi connectivity index (χ0) is 16.1. The predicted molar refractivity (Wildman–Crippen MR) is 86.2 cm³/mol. The van der Waals surface area contributed by atoms with Crippen molar-refractivity contribution in [1.29, 1.82) is 0 Å². The summed E-state index contributed by atoms with van der Waals surface area (Å²) in [5.41, 5.74) is 0. The highest BCUT2D eigenvalue weighted by Crippen LogP contribution is 2.20. The highest BCUT2D eigenvalue weighted by molar-refractivity contribution is 5.79. The van der Waals surface area contributed by atoms with E-state index in [1.807, 2.05) is 4.90 Å². The van der Waals surface area contributed by atoms with Crippen molar-refractivity contribution in [3.8, 4) is 0 Å². The number of methoxy groups -OCH3 is 1. The second kappa shape index (κ2) is 7.74. The van der Waals surface area contributed by atoms with Crippen LogP contribution in [0, 0.1) is 5.92 Å². The first-order valence-corrected chi connectivity index (χ1v) is 8.38. The van der Waals surface area contributed by atoms with Crippen molar-refractivity contribution in [2.45, 2.75) is 12.8 Å². The van der Waals surface area contributed by atoms with Gasteiger partial charge in [-0.05, 0) is 19.4 Å². The van der Waals surface area contributed by atoms with Crippen molar-refractivity contribution in [2.24, 2.45) is 5.92 Å². The monoisotopic (exact) mass is 322 g/mol. The van der Waals surface area contributed by atoms with Crippen LogP contribution < -0.4 is 4.90 Å². The van der Waals surface area contributed by atoms with Crippen LogP contribution in [0.15, 0.2) is 6.33 Å². The molecule has 1 atom stereocenters. The van der Waals surface area contributed by atoms with Crippen molar-refractivity contribution in [2.75, 3.05) is 64.4 Å². The number of rotatable bonds is 5. The summed E-state index contributed by atoms with van der Waals surface area (Å²) in [5, 5.41) is 6.77. The number of nitrogens with one attached hydrogen (secondary N) is 1. The number of hydrogen-bond acceptors (Lipinski definition) is 6. The SMILES string of the molecule is COCCN1CCC[C@H](C(=O)N2CCN(c3ncn[nH]3)CC2)C1. The smallest absolute Gasteiger partial charge is 0.227 e. The fourth-order valence-corrected chi connectivity index (χ4v) is 3.43. The minimum absolute atomic E-state index is 0.137. The molecular weight excluding hydrogens is 296 g/mol. The number of likely N-dealkylation sites (tertiary alicyclic amines) is 1. The minimum atomic E-state index is 0.137. The van der Waals surface area contributed by atoms with Crippen LogP contribution in [0.5, 0.6) is 0 Å². The number of amides is 1. The molecule has 0 radical (unpaired) electrons. The van der Waals surface area contributed by atoms with Crippen molar-refractivity contribution < 1.29 is 9.53 Å². The Labute approximate surface area is 136 Å². The number of carbonyl (C=O) groups is 1. The molecule has 1 amide bonds. The molecule has 1 N–H and O–H groups in total. The van der Waals surface area contributed by atoms with Gasteiger partial charge in [0.05, 0.1) is 12.5 Å². The zero-order valence-corrected chi connectivity index (χ0v) is 13.8. The Morgan fingerprint density at radius 3 is 2.87 bits per heavy atom. The molecule has 0 aromatic carbocycles. The topological polar surface area (TPSA) is 77.6 Å². The van der Waals surface area contributed by atoms with E-state index in [4.69, 9.17) is 4.74 Å². The van der Waals surface area contributed by atoms with Gasteiger partial charge in [-0.1, -0.05) is 0 Å². The van der Waals surface area contributed by atoms with Crippen LogP contribution in [0.2, 0.25) is 0 Å². The molecule has 0 bridgehead atoms. The van der Waals surface area contributed by atoms with Crippen LogP contribution in [0.3, 0.4) is 0 Å². The molecule has 3 heterocycles. The summed E-state index contributed by atoms with van der Waals surface area (Å²) in [6.45, 7) is 6.72. The van der Waals surface area contributed by atoms with E-state index < -0.39 is 0 Å². The minimum Gasteiger partial charge on any atom is -0.383 e. The van der Waals surface area contributed by atoms with Crippen LogP contribution in [0.25, 0.3) is 0 Å². The van der Waals surface area contributed by atoms with Crippen LogP contribution in [-0.4, -0.2) is 90.4 Å². The molecule has 1 aromatic heterocycles. The predicted octanol–water partition coefficient (Wildman–Crippen LogP) is -0.188. The molecule has 128 valence electrons. The molecule has 1 aromatic rings. The van der Waals surface area contributed by atoms with Gasteiger partial charge in [0.1, 0.15) is 6.33 Å². The number of carbonyl (C=O) groups excluding carboxylic acids is 1. The largest absolute Gasteiger partial charge is 0.383 e. The third-order valence-electron chi connectivity index (χ3n) is 4.76. The standard InChI is InChI=1S/C15H26N6O2/c1-23-10-9-19-4-2-3-13(11-19)14(22)20-5-7-21(8-6-20)15-16-12-17-18-15/h12-13H,2-11H2,1H3,(H,16,17,18)/t13-/m0/s1. The molecule has 3 rings (SSSR count). The average molecular weight is 322 g/mol. The first-order chi connectivity index (χ1) is 11.3. The van der Waals surface area contributed by atoms with Crippen LogP contribution >= 0.6 is 0 Å². The molecule has 2 aliphatic rings. The number of aromatic amines is 1. The maximum absolute atomic E-state index is 12.8. The Bertz CT molecular complexity index is 486. The third-order valence-corrected chi connectivity index (χ3v) is 4.76. The van der Waals surface area contributed by atoms with Crippen molar-refractivity contribution >= 4 is 11.9 Å². The van der Waals surface area contributed by atoms with Gasteiger partial charge < -0.3 is 19.4 Å². The number of aromatic nitrogens is 3. The first-order valence-electron chi connectivity index (χ1n) is 8.38. The van der Waals surface area contributed by atoms with Gasteiger partial charge in [0, 0.05) is 46.4 Å². The number of ether oxygens (including phenoxy) is 1. The summed E-state index contributed by atoms with van der Waals surface area (Å²) >= 11 is 0. The van der Waals surface area contributed by atoms with Gasteiger partial charge in [-0.15, -0.1) is 0 Å². The number of anilines is 1. The Balaban J connectivity index is 1.49.